The van der Waals surface area contributed by atoms with Crippen molar-refractivity contribution in [3.63, 3.8) is 0 Å². The maximum absolute atomic E-state index is 11.6. The van der Waals surface area contributed by atoms with Gasteiger partial charge in [0.05, 0.1) is 0 Å². The first kappa shape index (κ1) is 12.9. The van der Waals surface area contributed by atoms with E-state index in [9.17, 15) is 4.79 Å². The molecule has 98 valence electrons. The lowest BCUT2D eigenvalue weighted by Crippen LogP contribution is -2.34. The van der Waals surface area contributed by atoms with Crippen LogP contribution in [0.5, 0.6) is 0 Å². The summed E-state index contributed by atoms with van der Waals surface area (Å²) in [5.41, 5.74) is 2.19. The van der Waals surface area contributed by atoms with Gasteiger partial charge in [0, 0.05) is 12.0 Å². The Kier molecular flexibility index (Phi) is 3.33. The monoisotopic (exact) mass is 247 g/mol. The van der Waals surface area contributed by atoms with Gasteiger partial charge in [0.1, 0.15) is 5.60 Å². The van der Waals surface area contributed by atoms with Crippen LogP contribution in [0.4, 0.5) is 4.79 Å². The third-order valence-corrected chi connectivity index (χ3v) is 3.08. The van der Waals surface area contributed by atoms with E-state index in [2.05, 4.69) is 24.4 Å². The molecule has 0 aliphatic heterocycles. The van der Waals surface area contributed by atoms with E-state index in [1.54, 1.807) is 0 Å². The zero-order chi connectivity index (χ0) is 13.3. The number of carbonyl (C=O) groups is 1. The van der Waals surface area contributed by atoms with Crippen LogP contribution in [-0.2, 0) is 4.74 Å². The van der Waals surface area contributed by atoms with Crippen molar-refractivity contribution >= 4 is 6.09 Å². The first-order valence-electron chi connectivity index (χ1n) is 6.42. The molecule has 0 radical (unpaired) electrons. The fourth-order valence-corrected chi connectivity index (χ4v) is 2.16. The number of amides is 1. The summed E-state index contributed by atoms with van der Waals surface area (Å²) in [5, 5.41) is 2.93. The highest BCUT2D eigenvalue weighted by Gasteiger charge is 2.40. The minimum Gasteiger partial charge on any atom is -0.444 e. The van der Waals surface area contributed by atoms with E-state index in [0.29, 0.717) is 5.92 Å². The summed E-state index contributed by atoms with van der Waals surface area (Å²) in [5.74, 6) is 0.443. The maximum Gasteiger partial charge on any atom is 0.407 e. The number of aryl methyl sites for hydroxylation is 1. The van der Waals surface area contributed by atoms with Crippen molar-refractivity contribution in [3.8, 4) is 0 Å². The first-order valence-corrected chi connectivity index (χ1v) is 6.42. The Balaban J connectivity index is 1.89. The fraction of sp³-hybridized carbons (Fsp3) is 0.533. The van der Waals surface area contributed by atoms with Crippen LogP contribution in [0.2, 0.25) is 0 Å². The summed E-state index contributed by atoms with van der Waals surface area (Å²) in [6.45, 7) is 7.73. The second-order valence-corrected chi connectivity index (χ2v) is 5.95. The standard InChI is InChI=1S/C15H21NO2/c1-10-7-5-6-8-11(10)12-9-13(12)16-14(17)18-15(2,3)4/h5-8,12-13H,9H2,1-4H3,(H,16,17)/t12-,13+/m0/s1. The maximum atomic E-state index is 11.6. The van der Waals surface area contributed by atoms with E-state index in [4.69, 9.17) is 4.74 Å². The van der Waals surface area contributed by atoms with Gasteiger partial charge in [-0.1, -0.05) is 24.3 Å². The van der Waals surface area contributed by atoms with Gasteiger partial charge >= 0.3 is 6.09 Å². The number of hydrogen-bond acceptors (Lipinski definition) is 2. The molecule has 0 bridgehead atoms. The van der Waals surface area contributed by atoms with E-state index >= 15 is 0 Å². The third kappa shape index (κ3) is 3.25. The van der Waals surface area contributed by atoms with Crippen molar-refractivity contribution < 1.29 is 9.53 Å². The van der Waals surface area contributed by atoms with Gasteiger partial charge in [-0.2, -0.15) is 0 Å². The number of benzene rings is 1. The molecule has 1 aliphatic rings. The van der Waals surface area contributed by atoms with Gasteiger partial charge in [-0.3, -0.25) is 0 Å². The van der Waals surface area contributed by atoms with Crippen molar-refractivity contribution in [1.82, 2.24) is 5.32 Å². The van der Waals surface area contributed by atoms with Crippen LogP contribution >= 0.6 is 0 Å². The molecule has 3 nitrogen and oxygen atoms in total. The van der Waals surface area contributed by atoms with E-state index in [1.807, 2.05) is 32.9 Å². The number of alkyl carbamates (subject to hydrolysis) is 1. The van der Waals surface area contributed by atoms with Crippen LogP contribution < -0.4 is 5.32 Å². The second-order valence-electron chi connectivity index (χ2n) is 5.95. The number of hydrogen-bond donors (Lipinski definition) is 1. The molecule has 0 heterocycles. The Morgan fingerprint density at radius 3 is 2.61 bits per heavy atom. The van der Waals surface area contributed by atoms with Crippen LogP contribution in [0.3, 0.4) is 0 Å². The lowest BCUT2D eigenvalue weighted by molar-refractivity contribution is 0.0523. The second kappa shape index (κ2) is 4.63. The molecule has 0 unspecified atom stereocenters. The third-order valence-electron chi connectivity index (χ3n) is 3.08. The Hall–Kier alpha value is -1.51. The molecule has 1 fully saturated rings. The Labute approximate surface area is 109 Å². The van der Waals surface area contributed by atoms with E-state index in [0.717, 1.165) is 6.42 Å². The normalized spacial score (nSPS) is 22.4. The number of ether oxygens (including phenoxy) is 1. The topological polar surface area (TPSA) is 38.3 Å². The van der Waals surface area contributed by atoms with Gasteiger partial charge in [-0.15, -0.1) is 0 Å². The van der Waals surface area contributed by atoms with E-state index < -0.39 is 5.60 Å². The average Bonchev–Trinajstić information content (AvgIpc) is 2.94. The average molecular weight is 247 g/mol. The molecule has 2 rings (SSSR count). The summed E-state index contributed by atoms with van der Waals surface area (Å²) in [6, 6.07) is 8.55. The molecule has 1 N–H and O–H groups in total. The molecule has 0 aromatic heterocycles. The zero-order valence-corrected chi connectivity index (χ0v) is 11.5. The zero-order valence-electron chi connectivity index (χ0n) is 11.5. The van der Waals surface area contributed by atoms with Crippen molar-refractivity contribution in [2.24, 2.45) is 0 Å². The molecule has 1 aromatic rings. The van der Waals surface area contributed by atoms with Crippen molar-refractivity contribution in [2.45, 2.75) is 51.7 Å². The smallest absolute Gasteiger partial charge is 0.407 e. The summed E-state index contributed by atoms with van der Waals surface area (Å²) in [7, 11) is 0. The minimum absolute atomic E-state index is 0.223. The highest BCUT2D eigenvalue weighted by molar-refractivity contribution is 5.69. The Morgan fingerprint density at radius 1 is 1.33 bits per heavy atom. The molecular formula is C15H21NO2. The van der Waals surface area contributed by atoms with Gasteiger partial charge in [0.15, 0.2) is 0 Å². The Bertz CT molecular complexity index is 448. The van der Waals surface area contributed by atoms with Crippen LogP contribution in [-0.4, -0.2) is 17.7 Å². The highest BCUT2D eigenvalue weighted by atomic mass is 16.6. The van der Waals surface area contributed by atoms with Crippen LogP contribution in [0.15, 0.2) is 24.3 Å². The molecule has 2 atom stereocenters. The molecule has 1 saturated carbocycles. The largest absolute Gasteiger partial charge is 0.444 e. The lowest BCUT2D eigenvalue weighted by atomic mass is 10.0. The molecule has 0 spiro atoms. The van der Waals surface area contributed by atoms with Gasteiger partial charge in [0.2, 0.25) is 0 Å². The minimum atomic E-state index is -0.433. The van der Waals surface area contributed by atoms with Gasteiger partial charge in [0.25, 0.3) is 0 Å². The quantitative estimate of drug-likeness (QED) is 0.870. The molecule has 0 saturated heterocycles. The predicted octanol–water partition coefficient (Wildman–Crippen LogP) is 3.38. The fourth-order valence-electron chi connectivity index (χ4n) is 2.16. The molecule has 1 aromatic carbocycles. The molecule has 18 heavy (non-hydrogen) atoms. The molecule has 3 heteroatoms. The van der Waals surface area contributed by atoms with Crippen molar-refractivity contribution in [1.29, 1.82) is 0 Å². The summed E-state index contributed by atoms with van der Waals surface area (Å²) < 4.78 is 5.25. The number of carbonyl (C=O) groups excluding carboxylic acids is 1. The summed E-state index contributed by atoms with van der Waals surface area (Å²) in [4.78, 5) is 11.6. The summed E-state index contributed by atoms with van der Waals surface area (Å²) >= 11 is 0. The summed E-state index contributed by atoms with van der Waals surface area (Å²) in [6.07, 6.45) is 0.688. The molecule has 1 amide bonds. The first-order chi connectivity index (χ1) is 8.37. The Morgan fingerprint density at radius 2 is 2.00 bits per heavy atom. The van der Waals surface area contributed by atoms with Crippen LogP contribution in [0.1, 0.15) is 44.2 Å². The lowest BCUT2D eigenvalue weighted by Gasteiger charge is -2.19. The molecular weight excluding hydrogens is 226 g/mol. The van der Waals surface area contributed by atoms with Crippen molar-refractivity contribution in [2.75, 3.05) is 0 Å². The number of nitrogens with one attached hydrogen (secondary N) is 1. The highest BCUT2D eigenvalue weighted by Crippen LogP contribution is 2.42. The van der Waals surface area contributed by atoms with Gasteiger partial charge < -0.3 is 10.1 Å². The van der Waals surface area contributed by atoms with Gasteiger partial charge in [-0.25, -0.2) is 4.79 Å². The van der Waals surface area contributed by atoms with E-state index in [1.165, 1.54) is 11.1 Å². The van der Waals surface area contributed by atoms with Crippen molar-refractivity contribution in [3.05, 3.63) is 35.4 Å². The number of rotatable bonds is 2. The van der Waals surface area contributed by atoms with Crippen LogP contribution in [0.25, 0.3) is 0 Å². The van der Waals surface area contributed by atoms with E-state index in [-0.39, 0.29) is 12.1 Å². The SMILES string of the molecule is Cc1ccccc1[C@@H]1C[C@H]1NC(=O)OC(C)(C)C. The van der Waals surface area contributed by atoms with Crippen LogP contribution in [0, 0.1) is 6.92 Å². The molecule has 1 aliphatic carbocycles. The van der Waals surface area contributed by atoms with Gasteiger partial charge in [-0.05, 0) is 45.2 Å². The predicted molar refractivity (Wildman–Crippen MR) is 71.7 cm³/mol.